The molecule has 1 aromatic rings. The molecule has 8 nitrogen and oxygen atoms in total. The molecule has 6 rings (SSSR count). The summed E-state index contributed by atoms with van der Waals surface area (Å²) in [5, 5.41) is 6.04. The zero-order chi connectivity index (χ0) is 31.2. The van der Waals surface area contributed by atoms with Crippen molar-refractivity contribution in [2.45, 2.75) is 102 Å². The third-order valence-corrected chi connectivity index (χ3v) is 11.5. The van der Waals surface area contributed by atoms with E-state index in [1.165, 1.54) is 37.5 Å². The van der Waals surface area contributed by atoms with Crippen molar-refractivity contribution in [3.05, 3.63) is 41.2 Å². The number of halogens is 2. The van der Waals surface area contributed by atoms with Crippen molar-refractivity contribution in [2.75, 3.05) is 25.0 Å². The van der Waals surface area contributed by atoms with Gasteiger partial charge in [-0.2, -0.15) is 0 Å². The van der Waals surface area contributed by atoms with Crippen LogP contribution in [0.1, 0.15) is 72.1 Å². The number of rotatable bonds is 9. The molecule has 10 heteroatoms. The molecule has 1 aliphatic carbocycles. The van der Waals surface area contributed by atoms with Crippen molar-refractivity contribution in [1.29, 1.82) is 0 Å². The summed E-state index contributed by atoms with van der Waals surface area (Å²) in [6.07, 6.45) is 11.6. The molecule has 2 bridgehead atoms. The lowest BCUT2D eigenvalue weighted by Gasteiger charge is -2.38. The Labute approximate surface area is 265 Å². The van der Waals surface area contributed by atoms with E-state index in [0.717, 1.165) is 45.2 Å². The number of hydrogen-bond donors (Lipinski definition) is 2. The second kappa shape index (κ2) is 12.7. The maximum atomic E-state index is 14.3. The SMILES string of the molecule is CC[C@@H]1CCCCN1CCCN1C(=O)[C@@H]2[C@H](C(=O)Nc3ccc(F)c(Cl)c3)[C@@H]3C=C[C@@]2(O3)[C@@H]1C(=O)N[C@@H]1CCC[C@@H](C)[C@H]1C. The highest BCUT2D eigenvalue weighted by molar-refractivity contribution is 6.31. The molecular weight excluding hydrogens is 583 g/mol. The molecule has 9 atom stereocenters. The Bertz CT molecular complexity index is 1310. The van der Waals surface area contributed by atoms with Crippen molar-refractivity contribution in [1.82, 2.24) is 15.1 Å². The molecule has 1 aromatic carbocycles. The van der Waals surface area contributed by atoms with E-state index in [-0.39, 0.29) is 22.9 Å². The molecule has 1 spiro atoms. The summed E-state index contributed by atoms with van der Waals surface area (Å²) in [6.45, 7) is 8.99. The van der Waals surface area contributed by atoms with E-state index in [4.69, 9.17) is 16.3 Å². The van der Waals surface area contributed by atoms with Crippen LogP contribution in [0.15, 0.2) is 30.4 Å². The van der Waals surface area contributed by atoms with Crippen molar-refractivity contribution in [3.8, 4) is 0 Å². The molecule has 3 saturated heterocycles. The second-order valence-electron chi connectivity index (χ2n) is 13.7. The zero-order valence-corrected chi connectivity index (χ0v) is 26.8. The molecule has 0 aromatic heterocycles. The number of amides is 3. The number of carbonyl (C=O) groups excluding carboxylic acids is 3. The topological polar surface area (TPSA) is 91.0 Å². The maximum absolute atomic E-state index is 14.3. The smallest absolute Gasteiger partial charge is 0.246 e. The monoisotopic (exact) mass is 628 g/mol. The van der Waals surface area contributed by atoms with E-state index in [2.05, 4.69) is 36.3 Å². The van der Waals surface area contributed by atoms with Gasteiger partial charge >= 0.3 is 0 Å². The first-order chi connectivity index (χ1) is 21.1. The number of ether oxygens (including phenoxy) is 1. The molecule has 4 heterocycles. The van der Waals surface area contributed by atoms with E-state index in [9.17, 15) is 18.8 Å². The number of anilines is 1. The van der Waals surface area contributed by atoms with Gasteiger partial charge in [0.25, 0.3) is 0 Å². The van der Waals surface area contributed by atoms with Gasteiger partial charge in [-0.05, 0) is 68.7 Å². The Morgan fingerprint density at radius 2 is 1.93 bits per heavy atom. The molecule has 2 N–H and O–H groups in total. The summed E-state index contributed by atoms with van der Waals surface area (Å²) in [5.41, 5.74) is -0.874. The van der Waals surface area contributed by atoms with Crippen LogP contribution in [0.3, 0.4) is 0 Å². The normalized spacial score (nSPS) is 36.5. The quantitative estimate of drug-likeness (QED) is 0.369. The van der Waals surface area contributed by atoms with Gasteiger partial charge in [0.15, 0.2) is 0 Å². The number of hydrogen-bond acceptors (Lipinski definition) is 5. The zero-order valence-electron chi connectivity index (χ0n) is 26.1. The fourth-order valence-corrected chi connectivity index (χ4v) is 8.80. The largest absolute Gasteiger partial charge is 0.359 e. The summed E-state index contributed by atoms with van der Waals surface area (Å²) in [4.78, 5) is 46.5. The molecule has 5 aliphatic rings. The summed E-state index contributed by atoms with van der Waals surface area (Å²) in [5.74, 6) is -2.23. The first-order valence-electron chi connectivity index (χ1n) is 16.6. The third kappa shape index (κ3) is 5.58. The van der Waals surface area contributed by atoms with Crippen LogP contribution in [0.2, 0.25) is 5.02 Å². The van der Waals surface area contributed by atoms with Gasteiger partial charge in [0.2, 0.25) is 17.7 Å². The predicted molar refractivity (Wildman–Crippen MR) is 167 cm³/mol. The highest BCUT2D eigenvalue weighted by Gasteiger charge is 2.72. The number of piperidine rings is 1. The average Bonchev–Trinajstić information content (AvgIpc) is 3.65. The molecule has 44 heavy (non-hydrogen) atoms. The summed E-state index contributed by atoms with van der Waals surface area (Å²) < 4.78 is 20.3. The lowest BCUT2D eigenvalue weighted by Crippen LogP contribution is -2.58. The van der Waals surface area contributed by atoms with E-state index in [1.807, 2.05) is 12.2 Å². The number of nitrogens with one attached hydrogen (secondary N) is 2. The van der Waals surface area contributed by atoms with Crippen molar-refractivity contribution in [2.24, 2.45) is 23.7 Å². The fraction of sp³-hybridized carbons (Fsp3) is 0.676. The molecule has 3 amide bonds. The van der Waals surface area contributed by atoms with Crippen molar-refractivity contribution < 1.29 is 23.5 Å². The summed E-state index contributed by atoms with van der Waals surface area (Å²) in [7, 11) is 0. The van der Waals surface area contributed by atoms with Crippen LogP contribution >= 0.6 is 11.6 Å². The molecule has 4 aliphatic heterocycles. The van der Waals surface area contributed by atoms with Gasteiger partial charge in [0.1, 0.15) is 17.5 Å². The number of likely N-dealkylation sites (tertiary alicyclic amines) is 2. The Kier molecular flexibility index (Phi) is 9.10. The van der Waals surface area contributed by atoms with Crippen molar-refractivity contribution in [3.63, 3.8) is 0 Å². The summed E-state index contributed by atoms with van der Waals surface area (Å²) >= 11 is 5.96. The first-order valence-corrected chi connectivity index (χ1v) is 17.0. The number of nitrogens with zero attached hydrogens (tertiary/aromatic N) is 2. The standard InChI is InChI=1S/C34H46ClFN4O4/c1-4-23-10-5-6-16-39(23)17-8-18-40-30(32(42)38-26-11-7-9-20(2)21(26)3)34-15-14-27(44-34)28(29(34)33(40)43)31(41)37-22-12-13-25(36)24(35)19-22/h12-15,19-21,23,26-30H,4-11,16-18H2,1-3H3,(H,37,41)(H,38,42)/t20-,21-,23-,26-,27+,28-,29+,30+,34+/m1/s1. The van der Waals surface area contributed by atoms with Gasteiger partial charge in [-0.1, -0.05) is 63.8 Å². The maximum Gasteiger partial charge on any atom is 0.246 e. The first kappa shape index (κ1) is 31.5. The van der Waals surface area contributed by atoms with E-state index in [1.54, 1.807) is 4.90 Å². The highest BCUT2D eigenvalue weighted by atomic mass is 35.5. The molecule has 0 radical (unpaired) electrons. The third-order valence-electron chi connectivity index (χ3n) is 11.2. The predicted octanol–water partition coefficient (Wildman–Crippen LogP) is 5.16. The van der Waals surface area contributed by atoms with Crippen molar-refractivity contribution >= 4 is 35.0 Å². The highest BCUT2D eigenvalue weighted by Crippen LogP contribution is 2.55. The Balaban J connectivity index is 1.25. The van der Waals surface area contributed by atoms with Gasteiger partial charge in [0, 0.05) is 30.9 Å². The van der Waals surface area contributed by atoms with Crippen LogP contribution in [0.4, 0.5) is 10.1 Å². The van der Waals surface area contributed by atoms with Crippen LogP contribution in [-0.4, -0.2) is 77.0 Å². The van der Waals surface area contributed by atoms with E-state index in [0.29, 0.717) is 30.1 Å². The van der Waals surface area contributed by atoms with Crippen LogP contribution in [0.5, 0.6) is 0 Å². The summed E-state index contributed by atoms with van der Waals surface area (Å²) in [6, 6.07) is 3.71. The van der Waals surface area contributed by atoms with Crippen LogP contribution in [0, 0.1) is 29.5 Å². The Morgan fingerprint density at radius 3 is 2.70 bits per heavy atom. The van der Waals surface area contributed by atoms with E-state index < -0.39 is 41.3 Å². The molecule has 1 saturated carbocycles. The van der Waals surface area contributed by atoms with Crippen LogP contribution in [-0.2, 0) is 19.1 Å². The Morgan fingerprint density at radius 1 is 1.11 bits per heavy atom. The second-order valence-corrected chi connectivity index (χ2v) is 14.1. The Hall–Kier alpha value is -2.49. The number of benzene rings is 1. The average molecular weight is 629 g/mol. The fourth-order valence-electron chi connectivity index (χ4n) is 8.62. The minimum Gasteiger partial charge on any atom is -0.359 e. The minimum atomic E-state index is -1.21. The van der Waals surface area contributed by atoms with E-state index >= 15 is 0 Å². The van der Waals surface area contributed by atoms with Gasteiger partial charge in [-0.3, -0.25) is 14.4 Å². The van der Waals surface area contributed by atoms with Gasteiger partial charge in [-0.25, -0.2) is 4.39 Å². The molecule has 240 valence electrons. The van der Waals surface area contributed by atoms with Crippen LogP contribution in [0.25, 0.3) is 0 Å². The van der Waals surface area contributed by atoms with Gasteiger partial charge in [0.05, 0.1) is 23.0 Å². The number of fused-ring (bicyclic) bond motifs is 1. The molecular formula is C34H46ClFN4O4. The van der Waals surface area contributed by atoms with Gasteiger partial charge in [-0.15, -0.1) is 0 Å². The lowest BCUT2D eigenvalue weighted by atomic mass is 9.73. The molecule has 0 unspecified atom stereocenters. The number of carbonyl (C=O) groups is 3. The van der Waals surface area contributed by atoms with Crippen LogP contribution < -0.4 is 10.6 Å². The lowest BCUT2D eigenvalue weighted by molar-refractivity contribution is -0.141. The molecule has 4 fully saturated rings. The van der Waals surface area contributed by atoms with Gasteiger partial charge < -0.3 is 25.2 Å². The minimum absolute atomic E-state index is 0.0298.